The van der Waals surface area contributed by atoms with E-state index >= 15 is 0 Å². The Hall–Kier alpha value is -2.40. The van der Waals surface area contributed by atoms with Crippen molar-refractivity contribution in [2.75, 3.05) is 26.2 Å². The zero-order valence-corrected chi connectivity index (χ0v) is 13.0. The van der Waals surface area contributed by atoms with Crippen LogP contribution in [0, 0.1) is 5.82 Å². The highest BCUT2D eigenvalue weighted by Crippen LogP contribution is 2.12. The van der Waals surface area contributed by atoms with Gasteiger partial charge in [0.15, 0.2) is 6.61 Å². The number of hydrogen-bond donors (Lipinski definition) is 1. The predicted molar refractivity (Wildman–Crippen MR) is 87.7 cm³/mol. The molecule has 2 N–H and O–H groups in total. The average molecular weight is 316 g/mol. The van der Waals surface area contributed by atoms with Crippen molar-refractivity contribution in [3.05, 3.63) is 66.0 Å². The number of carbonyl (C=O) groups is 1. The minimum atomic E-state index is -0.391. The molecule has 0 unspecified atom stereocenters. The van der Waals surface area contributed by atoms with Gasteiger partial charge in [0.2, 0.25) is 0 Å². The first-order valence-electron chi connectivity index (χ1n) is 7.59. The first kappa shape index (κ1) is 17.0. The molecular weight excluding hydrogens is 295 g/mol. The summed E-state index contributed by atoms with van der Waals surface area (Å²) in [7, 11) is 0. The molecule has 0 bridgehead atoms. The first-order valence-corrected chi connectivity index (χ1v) is 7.59. The molecule has 0 spiro atoms. The number of hydrogen-bond acceptors (Lipinski definition) is 3. The molecule has 122 valence electrons. The van der Waals surface area contributed by atoms with Gasteiger partial charge in [0.25, 0.3) is 5.91 Å². The van der Waals surface area contributed by atoms with Crippen LogP contribution in [-0.4, -0.2) is 37.0 Å². The van der Waals surface area contributed by atoms with E-state index in [-0.39, 0.29) is 12.5 Å². The van der Waals surface area contributed by atoms with Crippen LogP contribution < -0.4 is 10.5 Å². The van der Waals surface area contributed by atoms with Crippen LogP contribution >= 0.6 is 0 Å². The topological polar surface area (TPSA) is 55.6 Å². The molecule has 0 aliphatic rings. The lowest BCUT2D eigenvalue weighted by Gasteiger charge is -2.22. The highest BCUT2D eigenvalue weighted by atomic mass is 19.1. The van der Waals surface area contributed by atoms with Crippen LogP contribution in [-0.2, 0) is 11.2 Å². The molecule has 5 heteroatoms. The van der Waals surface area contributed by atoms with Gasteiger partial charge < -0.3 is 15.4 Å². The summed E-state index contributed by atoms with van der Waals surface area (Å²) < 4.78 is 18.4. The third-order valence-electron chi connectivity index (χ3n) is 3.42. The van der Waals surface area contributed by atoms with Crippen molar-refractivity contribution in [3.63, 3.8) is 0 Å². The van der Waals surface area contributed by atoms with Gasteiger partial charge in [0, 0.05) is 25.7 Å². The Morgan fingerprint density at radius 3 is 2.57 bits per heavy atom. The maximum Gasteiger partial charge on any atom is 0.260 e. The second-order valence-electron chi connectivity index (χ2n) is 5.15. The van der Waals surface area contributed by atoms with Gasteiger partial charge in [-0.3, -0.25) is 4.79 Å². The van der Waals surface area contributed by atoms with Crippen LogP contribution in [0.2, 0.25) is 0 Å². The smallest absolute Gasteiger partial charge is 0.260 e. The fourth-order valence-corrected chi connectivity index (χ4v) is 2.22. The van der Waals surface area contributed by atoms with Crippen molar-refractivity contribution in [2.24, 2.45) is 5.73 Å². The molecule has 2 aromatic rings. The van der Waals surface area contributed by atoms with Gasteiger partial charge >= 0.3 is 0 Å². The molecule has 1 amide bonds. The zero-order valence-electron chi connectivity index (χ0n) is 13.0. The van der Waals surface area contributed by atoms with E-state index in [2.05, 4.69) is 0 Å². The third-order valence-corrected chi connectivity index (χ3v) is 3.42. The van der Waals surface area contributed by atoms with Gasteiger partial charge in [-0.2, -0.15) is 0 Å². The summed E-state index contributed by atoms with van der Waals surface area (Å²) in [6, 6.07) is 15.7. The monoisotopic (exact) mass is 316 g/mol. The second-order valence-corrected chi connectivity index (χ2v) is 5.15. The van der Waals surface area contributed by atoms with Gasteiger partial charge in [0.05, 0.1) is 0 Å². The van der Waals surface area contributed by atoms with E-state index in [1.54, 1.807) is 17.0 Å². The van der Waals surface area contributed by atoms with Gasteiger partial charge in [-0.15, -0.1) is 0 Å². The third kappa shape index (κ3) is 5.71. The number of nitrogens with two attached hydrogens (primary N) is 1. The summed E-state index contributed by atoms with van der Waals surface area (Å²) in [5.74, 6) is -0.206. The Kier molecular flexibility index (Phi) is 6.56. The van der Waals surface area contributed by atoms with Crippen LogP contribution in [0.3, 0.4) is 0 Å². The molecule has 0 heterocycles. The summed E-state index contributed by atoms with van der Waals surface area (Å²) in [6.45, 7) is 1.31. The number of amides is 1. The lowest BCUT2D eigenvalue weighted by atomic mass is 10.1. The van der Waals surface area contributed by atoms with Crippen molar-refractivity contribution in [1.82, 2.24) is 4.90 Å². The largest absolute Gasteiger partial charge is 0.484 e. The van der Waals surface area contributed by atoms with Gasteiger partial charge in [-0.25, -0.2) is 4.39 Å². The van der Waals surface area contributed by atoms with Crippen molar-refractivity contribution in [1.29, 1.82) is 0 Å². The second kappa shape index (κ2) is 8.90. The molecule has 0 aliphatic carbocycles. The van der Waals surface area contributed by atoms with Gasteiger partial charge in [0.1, 0.15) is 11.6 Å². The maximum absolute atomic E-state index is 13.1. The Bertz CT molecular complexity index is 619. The minimum absolute atomic E-state index is 0.127. The van der Waals surface area contributed by atoms with Crippen LogP contribution in [0.15, 0.2) is 54.6 Å². The molecule has 0 radical (unpaired) electrons. The molecule has 0 fully saturated rings. The Morgan fingerprint density at radius 2 is 1.87 bits per heavy atom. The van der Waals surface area contributed by atoms with Crippen molar-refractivity contribution in [2.45, 2.75) is 6.42 Å². The lowest BCUT2D eigenvalue weighted by molar-refractivity contribution is -0.133. The molecule has 0 saturated heterocycles. The Labute approximate surface area is 135 Å². The molecule has 2 rings (SSSR count). The van der Waals surface area contributed by atoms with E-state index in [9.17, 15) is 9.18 Å². The fraction of sp³-hybridized carbons (Fsp3) is 0.278. The first-order chi connectivity index (χ1) is 11.2. The summed E-state index contributed by atoms with van der Waals surface area (Å²) in [6.07, 6.45) is 0.756. The van der Waals surface area contributed by atoms with E-state index in [4.69, 9.17) is 10.5 Å². The van der Waals surface area contributed by atoms with Crippen molar-refractivity contribution >= 4 is 5.91 Å². The molecule has 0 aliphatic heterocycles. The summed E-state index contributed by atoms with van der Waals surface area (Å²) in [4.78, 5) is 13.9. The molecule has 4 nitrogen and oxygen atoms in total. The maximum atomic E-state index is 13.1. The number of carbonyl (C=O) groups excluding carboxylic acids is 1. The van der Waals surface area contributed by atoms with Crippen LogP contribution in [0.4, 0.5) is 4.39 Å². The fourth-order valence-electron chi connectivity index (χ4n) is 2.22. The number of benzene rings is 2. The molecule has 0 atom stereocenters. The SMILES string of the molecule is NCCN(CCc1ccccc1)C(=O)COc1cccc(F)c1. The van der Waals surface area contributed by atoms with E-state index in [0.29, 0.717) is 25.4 Å². The minimum Gasteiger partial charge on any atom is -0.484 e. The number of rotatable bonds is 8. The summed E-state index contributed by atoms with van der Waals surface area (Å²) >= 11 is 0. The Morgan fingerprint density at radius 1 is 1.09 bits per heavy atom. The predicted octanol–water partition coefficient (Wildman–Crippen LogP) is 2.23. The van der Waals surface area contributed by atoms with E-state index in [1.807, 2.05) is 30.3 Å². The van der Waals surface area contributed by atoms with Crippen LogP contribution in [0.5, 0.6) is 5.75 Å². The van der Waals surface area contributed by atoms with Crippen LogP contribution in [0.25, 0.3) is 0 Å². The standard InChI is InChI=1S/C18H21FN2O2/c19-16-7-4-8-17(13-16)23-14-18(22)21(12-10-20)11-9-15-5-2-1-3-6-15/h1-8,13H,9-12,14,20H2. The number of ether oxygens (including phenoxy) is 1. The normalized spacial score (nSPS) is 10.3. The number of nitrogens with zero attached hydrogens (tertiary/aromatic N) is 1. The highest BCUT2D eigenvalue weighted by molar-refractivity contribution is 5.77. The van der Waals surface area contributed by atoms with Crippen molar-refractivity contribution < 1.29 is 13.9 Å². The zero-order chi connectivity index (χ0) is 16.5. The number of halogens is 1. The summed E-state index contributed by atoms with van der Waals surface area (Å²) in [5.41, 5.74) is 6.74. The van der Waals surface area contributed by atoms with Gasteiger partial charge in [-0.05, 0) is 24.1 Å². The Balaban J connectivity index is 1.87. The molecule has 2 aromatic carbocycles. The molecule has 0 aromatic heterocycles. The highest BCUT2D eigenvalue weighted by Gasteiger charge is 2.13. The van der Waals surface area contributed by atoms with Gasteiger partial charge in [-0.1, -0.05) is 36.4 Å². The molecule has 23 heavy (non-hydrogen) atoms. The van der Waals surface area contributed by atoms with Crippen molar-refractivity contribution in [3.8, 4) is 5.75 Å². The lowest BCUT2D eigenvalue weighted by Crippen LogP contribution is -2.39. The quantitative estimate of drug-likeness (QED) is 0.812. The molecular formula is C18H21FN2O2. The average Bonchev–Trinajstić information content (AvgIpc) is 2.57. The van der Waals surface area contributed by atoms with E-state index in [1.165, 1.54) is 12.1 Å². The van der Waals surface area contributed by atoms with E-state index < -0.39 is 5.82 Å². The van der Waals surface area contributed by atoms with Crippen LogP contribution in [0.1, 0.15) is 5.56 Å². The summed E-state index contributed by atoms with van der Waals surface area (Å²) in [5, 5.41) is 0. The molecule has 0 saturated carbocycles. The van der Waals surface area contributed by atoms with E-state index in [0.717, 1.165) is 12.0 Å².